The van der Waals surface area contributed by atoms with Crippen molar-refractivity contribution >= 4 is 5.91 Å². The van der Waals surface area contributed by atoms with Gasteiger partial charge in [0.2, 0.25) is 5.91 Å². The molecule has 1 fully saturated rings. The van der Waals surface area contributed by atoms with Crippen molar-refractivity contribution in [2.45, 2.75) is 39.1 Å². The van der Waals surface area contributed by atoms with Crippen LogP contribution in [-0.4, -0.2) is 42.6 Å². The topological polar surface area (TPSA) is 67.6 Å². The molecule has 2 atom stereocenters. The van der Waals surface area contributed by atoms with E-state index in [9.17, 15) is 4.79 Å². The number of hydrogen-bond donors (Lipinski definition) is 2. The molecule has 5 heteroatoms. The van der Waals surface area contributed by atoms with Crippen LogP contribution in [0.3, 0.4) is 0 Å². The second kappa shape index (κ2) is 7.54. The lowest BCUT2D eigenvalue weighted by Gasteiger charge is -2.35. The number of hydrogen-bond acceptors (Lipinski definition) is 4. The highest BCUT2D eigenvalue weighted by Gasteiger charge is 2.22. The van der Waals surface area contributed by atoms with Gasteiger partial charge in [0.1, 0.15) is 0 Å². The predicted molar refractivity (Wildman–Crippen MR) is 82.6 cm³/mol. The van der Waals surface area contributed by atoms with Crippen molar-refractivity contribution in [2.75, 3.05) is 19.6 Å². The minimum Gasteiger partial charge on any atom is -0.373 e. The highest BCUT2D eigenvalue weighted by molar-refractivity contribution is 5.77. The Morgan fingerprint density at radius 1 is 1.29 bits per heavy atom. The lowest BCUT2D eigenvalue weighted by Crippen LogP contribution is -2.45. The molecular weight excluding hydrogens is 266 g/mol. The number of nitrogens with one attached hydrogen (secondary N) is 1. The highest BCUT2D eigenvalue weighted by atomic mass is 16.5. The summed E-state index contributed by atoms with van der Waals surface area (Å²) in [6.45, 7) is 7.53. The van der Waals surface area contributed by atoms with E-state index in [-0.39, 0.29) is 24.7 Å². The van der Waals surface area contributed by atoms with Gasteiger partial charge in [-0.3, -0.25) is 9.69 Å². The molecule has 1 amide bonds. The van der Waals surface area contributed by atoms with Crippen molar-refractivity contribution in [1.29, 1.82) is 0 Å². The largest absolute Gasteiger partial charge is 0.373 e. The first-order chi connectivity index (χ1) is 10.1. The molecule has 0 aliphatic carbocycles. The standard InChI is InChI=1S/C16H25N3O2/c1-12-9-19(10-13(2)21-12)11-15-6-4-3-5-14(15)8-18-16(20)7-17/h3-6,12-13H,7-11,17H2,1-2H3,(H,18,20). The number of carbonyl (C=O) groups is 1. The fraction of sp³-hybridized carbons (Fsp3) is 0.562. The first-order valence-corrected chi connectivity index (χ1v) is 7.50. The molecule has 1 heterocycles. The van der Waals surface area contributed by atoms with Crippen LogP contribution in [0.5, 0.6) is 0 Å². The third-order valence-corrected chi connectivity index (χ3v) is 3.67. The fourth-order valence-corrected chi connectivity index (χ4v) is 2.80. The zero-order valence-electron chi connectivity index (χ0n) is 12.8. The molecule has 2 rings (SSSR count). The Morgan fingerprint density at radius 3 is 2.52 bits per heavy atom. The molecule has 3 N–H and O–H groups in total. The number of carbonyl (C=O) groups excluding carboxylic acids is 1. The van der Waals surface area contributed by atoms with Crippen molar-refractivity contribution in [3.63, 3.8) is 0 Å². The van der Waals surface area contributed by atoms with Crippen LogP contribution in [0.25, 0.3) is 0 Å². The molecule has 5 nitrogen and oxygen atoms in total. The van der Waals surface area contributed by atoms with Gasteiger partial charge in [-0.15, -0.1) is 0 Å². The molecule has 0 saturated carbocycles. The number of nitrogens with zero attached hydrogens (tertiary/aromatic N) is 1. The molecule has 1 saturated heterocycles. The highest BCUT2D eigenvalue weighted by Crippen LogP contribution is 2.16. The molecule has 116 valence electrons. The van der Waals surface area contributed by atoms with Gasteiger partial charge in [-0.25, -0.2) is 0 Å². The quantitative estimate of drug-likeness (QED) is 0.845. The predicted octanol–water partition coefficient (Wildman–Crippen LogP) is 0.871. The van der Waals surface area contributed by atoms with Crippen molar-refractivity contribution in [3.05, 3.63) is 35.4 Å². The van der Waals surface area contributed by atoms with E-state index in [0.717, 1.165) is 25.2 Å². The average Bonchev–Trinajstić information content (AvgIpc) is 2.45. The molecule has 1 aliphatic rings. The summed E-state index contributed by atoms with van der Waals surface area (Å²) in [6, 6.07) is 8.21. The third-order valence-electron chi connectivity index (χ3n) is 3.67. The van der Waals surface area contributed by atoms with Crippen molar-refractivity contribution in [3.8, 4) is 0 Å². The van der Waals surface area contributed by atoms with E-state index in [4.69, 9.17) is 10.5 Å². The number of ether oxygens (including phenoxy) is 1. The molecule has 0 radical (unpaired) electrons. The summed E-state index contributed by atoms with van der Waals surface area (Å²) in [7, 11) is 0. The summed E-state index contributed by atoms with van der Waals surface area (Å²) in [6.07, 6.45) is 0.524. The summed E-state index contributed by atoms with van der Waals surface area (Å²) in [5, 5.41) is 2.84. The molecule has 0 spiro atoms. The number of amides is 1. The molecule has 1 aliphatic heterocycles. The lowest BCUT2D eigenvalue weighted by atomic mass is 10.1. The van der Waals surface area contributed by atoms with Crippen LogP contribution in [-0.2, 0) is 22.6 Å². The van der Waals surface area contributed by atoms with Crippen LogP contribution in [0, 0.1) is 0 Å². The van der Waals surface area contributed by atoms with Crippen LogP contribution >= 0.6 is 0 Å². The summed E-state index contributed by atoms with van der Waals surface area (Å²) >= 11 is 0. The van der Waals surface area contributed by atoms with Gasteiger partial charge in [-0.1, -0.05) is 24.3 Å². The molecular formula is C16H25N3O2. The fourth-order valence-electron chi connectivity index (χ4n) is 2.80. The van der Waals surface area contributed by atoms with Gasteiger partial charge in [0, 0.05) is 26.2 Å². The first-order valence-electron chi connectivity index (χ1n) is 7.50. The summed E-state index contributed by atoms with van der Waals surface area (Å²) in [5.41, 5.74) is 7.71. The van der Waals surface area contributed by atoms with E-state index in [0.29, 0.717) is 6.54 Å². The Balaban J connectivity index is 2.00. The zero-order valence-corrected chi connectivity index (χ0v) is 12.8. The SMILES string of the molecule is CC1CN(Cc2ccccc2CNC(=O)CN)CC(C)O1. The number of nitrogens with two attached hydrogens (primary N) is 1. The Kier molecular flexibility index (Phi) is 5.73. The minimum absolute atomic E-state index is 0.0284. The summed E-state index contributed by atoms with van der Waals surface area (Å²) in [5.74, 6) is -0.126. The molecule has 1 aromatic rings. The van der Waals surface area contributed by atoms with Gasteiger partial charge in [0.05, 0.1) is 18.8 Å². The Labute approximate surface area is 126 Å². The maximum atomic E-state index is 11.3. The number of rotatable bonds is 5. The molecule has 1 aromatic carbocycles. The van der Waals surface area contributed by atoms with Crippen molar-refractivity contribution < 1.29 is 9.53 Å². The second-order valence-corrected chi connectivity index (χ2v) is 5.70. The Bertz CT molecular complexity index is 468. The number of morpholine rings is 1. The second-order valence-electron chi connectivity index (χ2n) is 5.70. The smallest absolute Gasteiger partial charge is 0.234 e. The Morgan fingerprint density at radius 2 is 1.90 bits per heavy atom. The molecule has 2 unspecified atom stereocenters. The van der Waals surface area contributed by atoms with Crippen LogP contribution < -0.4 is 11.1 Å². The number of benzene rings is 1. The lowest BCUT2D eigenvalue weighted by molar-refractivity contribution is -0.119. The normalized spacial score (nSPS) is 23.0. The van der Waals surface area contributed by atoms with Crippen molar-refractivity contribution in [2.24, 2.45) is 5.73 Å². The van der Waals surface area contributed by atoms with Gasteiger partial charge in [-0.05, 0) is 25.0 Å². The molecule has 0 bridgehead atoms. The van der Waals surface area contributed by atoms with E-state index in [2.05, 4.69) is 36.2 Å². The van der Waals surface area contributed by atoms with E-state index < -0.39 is 0 Å². The van der Waals surface area contributed by atoms with Gasteiger partial charge >= 0.3 is 0 Å². The van der Waals surface area contributed by atoms with Gasteiger partial charge < -0.3 is 15.8 Å². The van der Waals surface area contributed by atoms with Crippen molar-refractivity contribution in [1.82, 2.24) is 10.2 Å². The molecule has 21 heavy (non-hydrogen) atoms. The van der Waals surface area contributed by atoms with E-state index in [1.165, 1.54) is 5.56 Å². The van der Waals surface area contributed by atoms with Crippen LogP contribution in [0.1, 0.15) is 25.0 Å². The summed E-state index contributed by atoms with van der Waals surface area (Å²) < 4.78 is 5.77. The summed E-state index contributed by atoms with van der Waals surface area (Å²) in [4.78, 5) is 13.7. The van der Waals surface area contributed by atoms with E-state index in [1.807, 2.05) is 12.1 Å². The third kappa shape index (κ3) is 4.81. The monoisotopic (exact) mass is 291 g/mol. The average molecular weight is 291 g/mol. The first kappa shape index (κ1) is 15.9. The zero-order chi connectivity index (χ0) is 15.2. The van der Waals surface area contributed by atoms with Crippen LogP contribution in [0.4, 0.5) is 0 Å². The molecule has 0 aromatic heterocycles. The maximum absolute atomic E-state index is 11.3. The van der Waals surface area contributed by atoms with E-state index >= 15 is 0 Å². The van der Waals surface area contributed by atoms with Crippen LogP contribution in [0.2, 0.25) is 0 Å². The van der Waals surface area contributed by atoms with Gasteiger partial charge in [-0.2, -0.15) is 0 Å². The van der Waals surface area contributed by atoms with Gasteiger partial charge in [0.25, 0.3) is 0 Å². The Hall–Kier alpha value is -1.43. The van der Waals surface area contributed by atoms with Crippen LogP contribution in [0.15, 0.2) is 24.3 Å². The van der Waals surface area contributed by atoms with E-state index in [1.54, 1.807) is 0 Å². The minimum atomic E-state index is -0.126. The van der Waals surface area contributed by atoms with Gasteiger partial charge in [0.15, 0.2) is 0 Å². The maximum Gasteiger partial charge on any atom is 0.234 e.